The number of nitrogens with one attached hydrogen (secondary N) is 1. The molecule has 1 N–H and O–H groups in total. The highest BCUT2D eigenvalue weighted by Crippen LogP contribution is 2.15. The Morgan fingerprint density at radius 1 is 1.42 bits per heavy atom. The van der Waals surface area contributed by atoms with Gasteiger partial charge in [-0.15, -0.1) is 0 Å². The van der Waals surface area contributed by atoms with Crippen LogP contribution in [0.25, 0.3) is 0 Å². The number of furan rings is 1. The smallest absolute Gasteiger partial charge is 0.265 e. The van der Waals surface area contributed by atoms with Gasteiger partial charge in [-0.25, -0.2) is 0 Å². The van der Waals surface area contributed by atoms with Gasteiger partial charge < -0.3 is 19.2 Å². The second-order valence-corrected chi connectivity index (χ2v) is 4.42. The number of nitrogens with zero attached hydrogens (tertiary/aromatic N) is 3. The molecule has 19 heavy (non-hydrogen) atoms. The van der Waals surface area contributed by atoms with Gasteiger partial charge in [-0.2, -0.15) is 4.98 Å². The summed E-state index contributed by atoms with van der Waals surface area (Å²) in [6.45, 7) is 3.75. The molecule has 0 saturated heterocycles. The largest absolute Gasteiger partial charge is 0.469 e. The first-order valence-corrected chi connectivity index (χ1v) is 5.82. The molecular weight excluding hydrogens is 248 g/mol. The van der Waals surface area contributed by atoms with Gasteiger partial charge >= 0.3 is 0 Å². The van der Waals surface area contributed by atoms with E-state index in [1.807, 2.05) is 21.0 Å². The molecule has 0 aromatic carbocycles. The molecule has 0 atom stereocenters. The van der Waals surface area contributed by atoms with Gasteiger partial charge in [-0.3, -0.25) is 4.79 Å². The van der Waals surface area contributed by atoms with Crippen LogP contribution in [0.3, 0.4) is 0 Å². The van der Waals surface area contributed by atoms with E-state index in [4.69, 9.17) is 8.94 Å². The van der Waals surface area contributed by atoms with E-state index in [9.17, 15) is 4.79 Å². The summed E-state index contributed by atoms with van der Waals surface area (Å²) >= 11 is 0. The highest BCUT2D eigenvalue weighted by atomic mass is 16.5. The quantitative estimate of drug-likeness (QED) is 0.895. The third-order valence-electron chi connectivity index (χ3n) is 2.64. The van der Waals surface area contributed by atoms with E-state index >= 15 is 0 Å². The monoisotopic (exact) mass is 264 g/mol. The lowest BCUT2D eigenvalue weighted by Gasteiger charge is -2.03. The number of carbonyl (C=O) groups is 1. The minimum atomic E-state index is -0.214. The van der Waals surface area contributed by atoms with Crippen LogP contribution in [0.1, 0.15) is 27.6 Å². The van der Waals surface area contributed by atoms with E-state index < -0.39 is 0 Å². The maximum Gasteiger partial charge on any atom is 0.265 e. The van der Waals surface area contributed by atoms with Crippen LogP contribution in [0.2, 0.25) is 0 Å². The Morgan fingerprint density at radius 3 is 2.68 bits per heavy atom. The number of anilines is 1. The Morgan fingerprint density at radius 2 is 2.16 bits per heavy atom. The first-order valence-electron chi connectivity index (χ1n) is 5.82. The van der Waals surface area contributed by atoms with Crippen LogP contribution in [0.15, 0.2) is 15.2 Å². The molecule has 7 nitrogen and oxygen atoms in total. The standard InChI is InChI=1S/C12H16N4O3/c1-7-6-18-8(2)10(7)11(17)13-5-9-14-12(15-19-9)16(3)4/h6H,5H2,1-4H3,(H,13,17). The van der Waals surface area contributed by atoms with Crippen molar-refractivity contribution in [3.05, 3.63) is 29.0 Å². The van der Waals surface area contributed by atoms with E-state index in [0.29, 0.717) is 23.2 Å². The number of carbonyl (C=O) groups excluding carboxylic acids is 1. The summed E-state index contributed by atoms with van der Waals surface area (Å²) in [6.07, 6.45) is 1.56. The average Bonchev–Trinajstić information content (AvgIpc) is 2.94. The fraction of sp³-hybridized carbons (Fsp3) is 0.417. The first kappa shape index (κ1) is 13.1. The minimum Gasteiger partial charge on any atom is -0.469 e. The van der Waals surface area contributed by atoms with Crippen molar-refractivity contribution in [2.24, 2.45) is 0 Å². The normalized spacial score (nSPS) is 10.5. The maximum absolute atomic E-state index is 12.0. The average molecular weight is 264 g/mol. The van der Waals surface area contributed by atoms with Crippen molar-refractivity contribution in [1.82, 2.24) is 15.5 Å². The van der Waals surface area contributed by atoms with Gasteiger partial charge in [0, 0.05) is 19.7 Å². The summed E-state index contributed by atoms with van der Waals surface area (Å²) < 4.78 is 10.2. The maximum atomic E-state index is 12.0. The Hall–Kier alpha value is -2.31. The number of hydrogen-bond donors (Lipinski definition) is 1. The van der Waals surface area contributed by atoms with E-state index in [1.54, 1.807) is 18.1 Å². The van der Waals surface area contributed by atoms with E-state index in [1.165, 1.54) is 0 Å². The topological polar surface area (TPSA) is 84.4 Å². The molecule has 0 bridgehead atoms. The molecule has 0 radical (unpaired) electrons. The molecule has 1 amide bonds. The summed E-state index contributed by atoms with van der Waals surface area (Å²) in [5, 5.41) is 6.48. The fourth-order valence-corrected chi connectivity index (χ4v) is 1.65. The van der Waals surface area contributed by atoms with Gasteiger partial charge in [0.1, 0.15) is 5.76 Å². The zero-order valence-corrected chi connectivity index (χ0v) is 11.4. The lowest BCUT2D eigenvalue weighted by Crippen LogP contribution is -2.24. The summed E-state index contributed by atoms with van der Waals surface area (Å²) in [4.78, 5) is 17.8. The van der Waals surface area contributed by atoms with Crippen molar-refractivity contribution in [3.8, 4) is 0 Å². The predicted octanol–water partition coefficient (Wildman–Crippen LogP) is 1.28. The van der Waals surface area contributed by atoms with Gasteiger partial charge in [0.05, 0.1) is 18.4 Å². The van der Waals surface area contributed by atoms with Crippen LogP contribution in [-0.2, 0) is 6.54 Å². The van der Waals surface area contributed by atoms with Gasteiger partial charge in [0.2, 0.25) is 5.89 Å². The zero-order valence-electron chi connectivity index (χ0n) is 11.4. The molecule has 2 aromatic heterocycles. The second-order valence-electron chi connectivity index (χ2n) is 4.42. The van der Waals surface area contributed by atoms with Crippen LogP contribution < -0.4 is 10.2 Å². The number of aryl methyl sites for hydroxylation is 2. The highest BCUT2D eigenvalue weighted by Gasteiger charge is 2.16. The molecule has 0 saturated carbocycles. The molecule has 2 heterocycles. The van der Waals surface area contributed by atoms with Crippen molar-refractivity contribution in [2.45, 2.75) is 20.4 Å². The van der Waals surface area contributed by atoms with Crippen molar-refractivity contribution in [3.63, 3.8) is 0 Å². The molecule has 102 valence electrons. The Balaban J connectivity index is 2.00. The van der Waals surface area contributed by atoms with E-state index in [-0.39, 0.29) is 12.5 Å². The van der Waals surface area contributed by atoms with Crippen LogP contribution in [0.5, 0.6) is 0 Å². The molecule has 0 fully saturated rings. The van der Waals surface area contributed by atoms with Crippen LogP contribution in [0.4, 0.5) is 5.95 Å². The molecule has 0 aliphatic carbocycles. The van der Waals surface area contributed by atoms with Gasteiger partial charge in [-0.05, 0) is 19.0 Å². The lowest BCUT2D eigenvalue weighted by molar-refractivity contribution is 0.0944. The molecule has 2 rings (SSSR count). The van der Waals surface area contributed by atoms with Crippen molar-refractivity contribution < 1.29 is 13.7 Å². The van der Waals surface area contributed by atoms with Gasteiger partial charge in [0.25, 0.3) is 11.9 Å². The number of rotatable bonds is 4. The second kappa shape index (κ2) is 5.13. The molecule has 7 heteroatoms. The summed E-state index contributed by atoms with van der Waals surface area (Å²) in [5.41, 5.74) is 1.35. The van der Waals surface area contributed by atoms with Gasteiger partial charge in [-0.1, -0.05) is 0 Å². The van der Waals surface area contributed by atoms with Crippen LogP contribution in [-0.4, -0.2) is 30.1 Å². The number of aromatic nitrogens is 2. The Bertz CT molecular complexity index is 566. The number of hydrogen-bond acceptors (Lipinski definition) is 6. The predicted molar refractivity (Wildman–Crippen MR) is 68.0 cm³/mol. The third-order valence-corrected chi connectivity index (χ3v) is 2.64. The highest BCUT2D eigenvalue weighted by molar-refractivity contribution is 5.96. The van der Waals surface area contributed by atoms with Crippen LogP contribution in [0, 0.1) is 13.8 Å². The summed E-state index contributed by atoms with van der Waals surface area (Å²) in [5.74, 6) is 1.21. The van der Waals surface area contributed by atoms with Gasteiger partial charge in [0.15, 0.2) is 0 Å². The summed E-state index contributed by atoms with van der Waals surface area (Å²) in [6, 6.07) is 0. The molecule has 0 unspecified atom stereocenters. The van der Waals surface area contributed by atoms with Crippen molar-refractivity contribution in [1.29, 1.82) is 0 Å². The minimum absolute atomic E-state index is 0.184. The SMILES string of the molecule is Cc1coc(C)c1C(=O)NCc1nc(N(C)C)no1. The molecule has 0 aliphatic rings. The third kappa shape index (κ3) is 2.75. The number of amides is 1. The van der Waals surface area contributed by atoms with Crippen molar-refractivity contribution >= 4 is 11.9 Å². The molecule has 2 aromatic rings. The molecular formula is C12H16N4O3. The van der Waals surface area contributed by atoms with Crippen molar-refractivity contribution in [2.75, 3.05) is 19.0 Å². The van der Waals surface area contributed by atoms with Crippen LogP contribution >= 0.6 is 0 Å². The molecule has 0 aliphatic heterocycles. The first-order chi connectivity index (χ1) is 8.99. The Kier molecular flexibility index (Phi) is 3.55. The van der Waals surface area contributed by atoms with E-state index in [0.717, 1.165) is 5.56 Å². The Labute approximate surface area is 110 Å². The van der Waals surface area contributed by atoms with E-state index in [2.05, 4.69) is 15.5 Å². The molecule has 0 spiro atoms. The lowest BCUT2D eigenvalue weighted by atomic mass is 10.1. The summed E-state index contributed by atoms with van der Waals surface area (Å²) in [7, 11) is 3.62. The fourth-order valence-electron chi connectivity index (χ4n) is 1.65. The zero-order chi connectivity index (χ0) is 14.0.